The molecule has 0 atom stereocenters. The number of amides is 1. The van der Waals surface area contributed by atoms with Crippen molar-refractivity contribution >= 4 is 12.0 Å². The van der Waals surface area contributed by atoms with Crippen molar-refractivity contribution in [3.8, 4) is 6.07 Å². The Labute approximate surface area is 118 Å². The number of nitriles is 1. The van der Waals surface area contributed by atoms with E-state index >= 15 is 0 Å². The van der Waals surface area contributed by atoms with Gasteiger partial charge >= 0.3 is 0 Å². The zero-order valence-corrected chi connectivity index (χ0v) is 10.9. The lowest BCUT2D eigenvalue weighted by Crippen LogP contribution is -2.20. The molecule has 3 nitrogen and oxygen atoms in total. The Morgan fingerprint density at radius 3 is 2.70 bits per heavy atom. The molecule has 1 N–H and O–H groups in total. The van der Waals surface area contributed by atoms with Gasteiger partial charge in [-0.25, -0.2) is 0 Å². The Morgan fingerprint density at radius 2 is 1.95 bits per heavy atom. The summed E-state index contributed by atoms with van der Waals surface area (Å²) in [4.78, 5) is 11.7. The summed E-state index contributed by atoms with van der Waals surface area (Å²) in [5, 5.41) is 11.6. The van der Waals surface area contributed by atoms with Crippen molar-refractivity contribution in [2.75, 3.05) is 0 Å². The molecule has 0 aliphatic rings. The maximum atomic E-state index is 11.7. The van der Waals surface area contributed by atoms with Gasteiger partial charge in [-0.15, -0.1) is 0 Å². The van der Waals surface area contributed by atoms with Crippen molar-refractivity contribution in [2.24, 2.45) is 0 Å². The van der Waals surface area contributed by atoms with Crippen LogP contribution < -0.4 is 5.32 Å². The topological polar surface area (TPSA) is 52.9 Å². The predicted molar refractivity (Wildman–Crippen MR) is 78.5 cm³/mol. The number of nitrogens with one attached hydrogen (secondary N) is 1. The number of carbonyl (C=O) groups is 1. The molecule has 0 fully saturated rings. The van der Waals surface area contributed by atoms with Crippen LogP contribution in [0.1, 0.15) is 16.7 Å². The van der Waals surface area contributed by atoms with E-state index < -0.39 is 0 Å². The number of rotatable bonds is 4. The number of carbonyl (C=O) groups excluding carboxylic acids is 1. The molecule has 0 bridgehead atoms. The molecule has 0 aromatic heterocycles. The molecular formula is C17H14N2O. The summed E-state index contributed by atoms with van der Waals surface area (Å²) in [5.74, 6) is -0.156. The first-order chi connectivity index (χ1) is 9.78. The molecule has 98 valence electrons. The first-order valence-electron chi connectivity index (χ1n) is 6.28. The maximum absolute atomic E-state index is 11.7. The molecule has 0 saturated carbocycles. The van der Waals surface area contributed by atoms with E-state index in [-0.39, 0.29) is 5.91 Å². The number of nitrogens with zero attached hydrogens (tertiary/aromatic N) is 1. The van der Waals surface area contributed by atoms with Crippen molar-refractivity contribution in [3.05, 3.63) is 77.4 Å². The Balaban J connectivity index is 1.91. The predicted octanol–water partition coefficient (Wildman–Crippen LogP) is 2.89. The second-order valence-corrected chi connectivity index (χ2v) is 4.27. The fourth-order valence-electron chi connectivity index (χ4n) is 1.73. The summed E-state index contributed by atoms with van der Waals surface area (Å²) in [7, 11) is 0. The van der Waals surface area contributed by atoms with Crippen LogP contribution >= 0.6 is 0 Å². The van der Waals surface area contributed by atoms with Crippen LogP contribution in [0.4, 0.5) is 0 Å². The minimum absolute atomic E-state index is 0.156. The van der Waals surface area contributed by atoms with Gasteiger partial charge in [0.25, 0.3) is 0 Å². The second-order valence-electron chi connectivity index (χ2n) is 4.27. The van der Waals surface area contributed by atoms with E-state index in [9.17, 15) is 4.79 Å². The molecule has 20 heavy (non-hydrogen) atoms. The molecule has 0 spiro atoms. The van der Waals surface area contributed by atoms with Crippen LogP contribution in [0.25, 0.3) is 6.08 Å². The van der Waals surface area contributed by atoms with E-state index in [1.165, 1.54) is 6.08 Å². The van der Waals surface area contributed by atoms with Crippen LogP contribution in [0.15, 0.2) is 60.7 Å². The zero-order chi connectivity index (χ0) is 14.2. The van der Waals surface area contributed by atoms with Crippen molar-refractivity contribution in [1.29, 1.82) is 5.26 Å². The summed E-state index contributed by atoms with van der Waals surface area (Å²) in [6.07, 6.45) is 3.17. The molecule has 1 amide bonds. The van der Waals surface area contributed by atoms with Crippen molar-refractivity contribution in [3.63, 3.8) is 0 Å². The molecule has 0 saturated heterocycles. The lowest BCUT2D eigenvalue weighted by atomic mass is 10.1. The maximum Gasteiger partial charge on any atom is 0.244 e. The van der Waals surface area contributed by atoms with Gasteiger partial charge in [0.1, 0.15) is 0 Å². The Bertz CT molecular complexity index is 654. The first kappa shape index (κ1) is 13.6. The molecule has 0 aliphatic heterocycles. The zero-order valence-electron chi connectivity index (χ0n) is 10.9. The van der Waals surface area contributed by atoms with Crippen molar-refractivity contribution in [1.82, 2.24) is 5.32 Å². The molecule has 0 aliphatic carbocycles. The highest BCUT2D eigenvalue weighted by atomic mass is 16.1. The van der Waals surface area contributed by atoms with Gasteiger partial charge in [0.05, 0.1) is 11.6 Å². The monoisotopic (exact) mass is 262 g/mol. The molecule has 2 aromatic rings. The van der Waals surface area contributed by atoms with E-state index in [1.807, 2.05) is 36.4 Å². The number of hydrogen-bond donors (Lipinski definition) is 1. The summed E-state index contributed by atoms with van der Waals surface area (Å²) in [5.41, 5.74) is 2.47. The third-order valence-corrected chi connectivity index (χ3v) is 2.75. The SMILES string of the molecule is N#Cc1cccc(/C=C/C(=O)NCc2ccccc2)c1. The molecular weight excluding hydrogens is 248 g/mol. The van der Waals surface area contributed by atoms with Gasteiger partial charge in [0, 0.05) is 12.6 Å². The van der Waals surface area contributed by atoms with Gasteiger partial charge in [-0.3, -0.25) is 4.79 Å². The standard InChI is InChI=1S/C17H14N2O/c18-12-16-8-4-7-14(11-16)9-10-17(20)19-13-15-5-2-1-3-6-15/h1-11H,13H2,(H,19,20)/b10-9+. The van der Waals surface area contributed by atoms with E-state index in [2.05, 4.69) is 11.4 Å². The van der Waals surface area contributed by atoms with E-state index in [0.717, 1.165) is 11.1 Å². The summed E-state index contributed by atoms with van der Waals surface area (Å²) < 4.78 is 0. The largest absolute Gasteiger partial charge is 0.348 e. The van der Waals surface area contributed by atoms with Gasteiger partial charge in [-0.2, -0.15) is 5.26 Å². The minimum atomic E-state index is -0.156. The Hall–Kier alpha value is -2.86. The molecule has 0 heterocycles. The van der Waals surface area contributed by atoms with E-state index in [4.69, 9.17) is 5.26 Å². The van der Waals surface area contributed by atoms with Crippen LogP contribution in [0.3, 0.4) is 0 Å². The smallest absolute Gasteiger partial charge is 0.244 e. The molecule has 2 rings (SSSR count). The van der Waals surface area contributed by atoms with E-state index in [1.54, 1.807) is 24.3 Å². The Kier molecular flexibility index (Phi) is 4.69. The van der Waals surface area contributed by atoms with Gasteiger partial charge in [-0.05, 0) is 29.3 Å². The molecule has 2 aromatic carbocycles. The van der Waals surface area contributed by atoms with Crippen LogP contribution in [0.2, 0.25) is 0 Å². The van der Waals surface area contributed by atoms with Gasteiger partial charge in [0.15, 0.2) is 0 Å². The fraction of sp³-hybridized carbons (Fsp3) is 0.0588. The molecule has 3 heteroatoms. The fourth-order valence-corrected chi connectivity index (χ4v) is 1.73. The quantitative estimate of drug-likeness (QED) is 0.861. The van der Waals surface area contributed by atoms with Crippen LogP contribution in [-0.2, 0) is 11.3 Å². The van der Waals surface area contributed by atoms with Gasteiger partial charge in [-0.1, -0.05) is 42.5 Å². The first-order valence-corrected chi connectivity index (χ1v) is 6.28. The highest BCUT2D eigenvalue weighted by Crippen LogP contribution is 2.06. The van der Waals surface area contributed by atoms with Crippen molar-refractivity contribution in [2.45, 2.75) is 6.54 Å². The third kappa shape index (κ3) is 4.11. The average molecular weight is 262 g/mol. The summed E-state index contributed by atoms with van der Waals surface area (Å²) >= 11 is 0. The third-order valence-electron chi connectivity index (χ3n) is 2.75. The van der Waals surface area contributed by atoms with Gasteiger partial charge in [0.2, 0.25) is 5.91 Å². The van der Waals surface area contributed by atoms with Crippen LogP contribution in [0.5, 0.6) is 0 Å². The van der Waals surface area contributed by atoms with Crippen LogP contribution in [0, 0.1) is 11.3 Å². The lowest BCUT2D eigenvalue weighted by molar-refractivity contribution is -0.116. The second kappa shape index (κ2) is 6.91. The highest BCUT2D eigenvalue weighted by molar-refractivity contribution is 5.91. The lowest BCUT2D eigenvalue weighted by Gasteiger charge is -2.01. The normalized spacial score (nSPS) is 10.2. The minimum Gasteiger partial charge on any atom is -0.348 e. The Morgan fingerprint density at radius 1 is 1.15 bits per heavy atom. The summed E-state index contributed by atoms with van der Waals surface area (Å²) in [6.45, 7) is 0.502. The highest BCUT2D eigenvalue weighted by Gasteiger charge is 1.96. The summed E-state index contributed by atoms with van der Waals surface area (Å²) in [6, 6.07) is 18.9. The average Bonchev–Trinajstić information content (AvgIpc) is 2.52. The van der Waals surface area contributed by atoms with Crippen molar-refractivity contribution < 1.29 is 4.79 Å². The number of benzene rings is 2. The molecule has 0 unspecified atom stereocenters. The van der Waals surface area contributed by atoms with Crippen LogP contribution in [-0.4, -0.2) is 5.91 Å². The van der Waals surface area contributed by atoms with Gasteiger partial charge < -0.3 is 5.32 Å². The molecule has 0 radical (unpaired) electrons. The number of hydrogen-bond acceptors (Lipinski definition) is 2. The van der Waals surface area contributed by atoms with E-state index in [0.29, 0.717) is 12.1 Å².